The number of carbonyl (C=O) groups excluding carboxylic acids is 1. The summed E-state index contributed by atoms with van der Waals surface area (Å²) in [5, 5.41) is 0.695. The van der Waals surface area contributed by atoms with Crippen LogP contribution in [0.3, 0.4) is 0 Å². The summed E-state index contributed by atoms with van der Waals surface area (Å²) in [4.78, 5) is 26.4. The third-order valence-corrected chi connectivity index (χ3v) is 6.00. The molecule has 168 valence electrons. The van der Waals surface area contributed by atoms with E-state index in [4.69, 9.17) is 20.8 Å². The number of halogens is 1. The summed E-state index contributed by atoms with van der Waals surface area (Å²) in [6, 6.07) is 18.0. The molecule has 0 N–H and O–H groups in total. The first-order chi connectivity index (χ1) is 15.5. The number of carbonyl (C=O) groups is 1. The lowest BCUT2D eigenvalue weighted by Gasteiger charge is -2.19. The average Bonchev–Trinajstić information content (AvgIpc) is 2.76. The van der Waals surface area contributed by atoms with E-state index in [2.05, 4.69) is 20.8 Å². The van der Waals surface area contributed by atoms with Crippen molar-refractivity contribution in [2.75, 3.05) is 0 Å². The molecular weight excluding hydrogens is 436 g/mol. The van der Waals surface area contributed by atoms with Gasteiger partial charge >= 0.3 is 5.97 Å². The summed E-state index contributed by atoms with van der Waals surface area (Å²) >= 11 is 6.26. The van der Waals surface area contributed by atoms with Crippen LogP contribution >= 0.6 is 11.6 Å². The molecule has 0 unspecified atom stereocenters. The Balaban J connectivity index is 1.91. The largest absolute Gasteiger partial charge is 0.452 e. The fourth-order valence-electron chi connectivity index (χ4n) is 3.63. The van der Waals surface area contributed by atoms with Gasteiger partial charge in [0, 0.05) is 10.6 Å². The van der Waals surface area contributed by atoms with Crippen molar-refractivity contribution in [2.24, 2.45) is 0 Å². The van der Waals surface area contributed by atoms with Crippen molar-refractivity contribution < 1.29 is 13.9 Å². The summed E-state index contributed by atoms with van der Waals surface area (Å²) in [6.45, 7) is 10.1. The number of ether oxygens (including phenoxy) is 1. The second kappa shape index (κ2) is 8.53. The minimum Gasteiger partial charge on any atom is -0.452 e. The van der Waals surface area contributed by atoms with Crippen LogP contribution in [0.1, 0.15) is 47.8 Å². The molecule has 1 heterocycles. The highest BCUT2D eigenvalue weighted by Gasteiger charge is 2.23. The number of benzene rings is 3. The molecule has 5 heteroatoms. The Morgan fingerprint density at radius 1 is 0.970 bits per heavy atom. The third-order valence-electron chi connectivity index (χ3n) is 5.59. The number of esters is 1. The third kappa shape index (κ3) is 4.57. The van der Waals surface area contributed by atoms with Gasteiger partial charge in [-0.1, -0.05) is 74.3 Å². The van der Waals surface area contributed by atoms with Gasteiger partial charge in [0.1, 0.15) is 5.58 Å². The normalized spacial score (nSPS) is 11.6. The van der Waals surface area contributed by atoms with Gasteiger partial charge in [-0.2, -0.15) is 0 Å². The van der Waals surface area contributed by atoms with Gasteiger partial charge in [-0.15, -0.1) is 0 Å². The zero-order valence-corrected chi connectivity index (χ0v) is 20.0. The number of rotatable bonds is 3. The highest BCUT2D eigenvalue weighted by molar-refractivity contribution is 6.32. The number of hydrogen-bond acceptors (Lipinski definition) is 4. The van der Waals surface area contributed by atoms with Gasteiger partial charge in [0.2, 0.25) is 11.2 Å². The van der Waals surface area contributed by atoms with Crippen molar-refractivity contribution in [3.8, 4) is 17.1 Å². The molecule has 4 nitrogen and oxygen atoms in total. The van der Waals surface area contributed by atoms with Crippen LogP contribution in [0.4, 0.5) is 0 Å². The molecule has 1 aromatic heterocycles. The van der Waals surface area contributed by atoms with Gasteiger partial charge in [-0.05, 0) is 54.7 Å². The van der Waals surface area contributed by atoms with Crippen LogP contribution in [0.15, 0.2) is 69.9 Å². The molecule has 0 aliphatic heterocycles. The fraction of sp³-hybridized carbons (Fsp3) is 0.214. The van der Waals surface area contributed by atoms with E-state index in [1.54, 1.807) is 30.3 Å². The van der Waals surface area contributed by atoms with E-state index < -0.39 is 11.4 Å². The summed E-state index contributed by atoms with van der Waals surface area (Å²) in [5.41, 5.74) is 3.72. The molecule has 0 fully saturated rings. The number of hydrogen-bond donors (Lipinski definition) is 0. The van der Waals surface area contributed by atoms with Crippen molar-refractivity contribution in [3.63, 3.8) is 0 Å². The molecule has 0 bridgehead atoms. The highest BCUT2D eigenvalue weighted by Crippen LogP contribution is 2.34. The average molecular weight is 461 g/mol. The standard InChI is InChI=1S/C28H25ClO4/c1-16-7-6-8-19(13-16)27(31)33-26-24(30)21-15-22(29)17(2)14-23(21)32-25(26)18-9-11-20(12-10-18)28(3,4)5/h6-15H,1-5H3. The van der Waals surface area contributed by atoms with E-state index >= 15 is 0 Å². The lowest BCUT2D eigenvalue weighted by molar-refractivity contribution is 0.0731. The van der Waals surface area contributed by atoms with E-state index in [1.165, 1.54) is 0 Å². The number of fused-ring (bicyclic) bond motifs is 1. The zero-order chi connectivity index (χ0) is 23.9. The van der Waals surface area contributed by atoms with E-state index in [-0.39, 0.29) is 22.3 Å². The highest BCUT2D eigenvalue weighted by atomic mass is 35.5. The molecular formula is C28H25ClO4. The predicted octanol–water partition coefficient (Wildman–Crippen LogP) is 7.25. The second-order valence-corrected chi connectivity index (χ2v) is 9.68. The molecule has 0 aliphatic rings. The van der Waals surface area contributed by atoms with Crippen molar-refractivity contribution >= 4 is 28.5 Å². The molecule has 0 radical (unpaired) electrons. The molecule has 0 saturated heterocycles. The van der Waals surface area contributed by atoms with E-state index in [1.807, 2.05) is 44.2 Å². The maximum Gasteiger partial charge on any atom is 0.343 e. The van der Waals surface area contributed by atoms with Crippen molar-refractivity contribution in [3.05, 3.63) is 98.2 Å². The van der Waals surface area contributed by atoms with E-state index in [0.717, 1.165) is 16.7 Å². The predicted molar refractivity (Wildman–Crippen MR) is 133 cm³/mol. The molecule has 0 amide bonds. The van der Waals surface area contributed by atoms with Gasteiger partial charge < -0.3 is 9.15 Å². The first kappa shape index (κ1) is 22.8. The lowest BCUT2D eigenvalue weighted by Crippen LogP contribution is -2.16. The van der Waals surface area contributed by atoms with Crippen LogP contribution in [-0.4, -0.2) is 5.97 Å². The quantitative estimate of drug-likeness (QED) is 0.302. The Labute approximate surface area is 197 Å². The summed E-state index contributed by atoms with van der Waals surface area (Å²) in [7, 11) is 0. The zero-order valence-electron chi connectivity index (χ0n) is 19.3. The first-order valence-corrected chi connectivity index (χ1v) is 11.1. The minimum atomic E-state index is -0.629. The van der Waals surface area contributed by atoms with Gasteiger partial charge in [0.25, 0.3) is 0 Å². The van der Waals surface area contributed by atoms with Crippen LogP contribution in [0.25, 0.3) is 22.3 Å². The van der Waals surface area contributed by atoms with Crippen molar-refractivity contribution in [1.29, 1.82) is 0 Å². The Hall–Kier alpha value is -3.37. The van der Waals surface area contributed by atoms with Crippen LogP contribution < -0.4 is 10.2 Å². The Bertz CT molecular complexity index is 1420. The Kier molecular flexibility index (Phi) is 5.89. The first-order valence-electron chi connectivity index (χ1n) is 10.7. The summed E-state index contributed by atoms with van der Waals surface area (Å²) in [5.74, 6) is -0.579. The topological polar surface area (TPSA) is 56.5 Å². The van der Waals surface area contributed by atoms with Gasteiger partial charge in [-0.3, -0.25) is 4.79 Å². The monoisotopic (exact) mass is 460 g/mol. The maximum atomic E-state index is 13.5. The lowest BCUT2D eigenvalue weighted by atomic mass is 9.86. The van der Waals surface area contributed by atoms with Crippen molar-refractivity contribution in [1.82, 2.24) is 0 Å². The SMILES string of the molecule is Cc1cccc(C(=O)Oc2c(-c3ccc(C(C)(C)C)cc3)oc3cc(C)c(Cl)cc3c2=O)c1. The van der Waals surface area contributed by atoms with E-state index in [0.29, 0.717) is 21.7 Å². The maximum absolute atomic E-state index is 13.5. The molecule has 4 aromatic rings. The van der Waals surface area contributed by atoms with Crippen molar-refractivity contribution in [2.45, 2.75) is 40.0 Å². The molecule has 33 heavy (non-hydrogen) atoms. The molecule has 0 saturated carbocycles. The molecule has 4 rings (SSSR count). The molecule has 0 atom stereocenters. The van der Waals surface area contributed by atoms with Gasteiger partial charge in [-0.25, -0.2) is 4.79 Å². The summed E-state index contributed by atoms with van der Waals surface area (Å²) < 4.78 is 11.8. The minimum absolute atomic E-state index is 0.0307. The Morgan fingerprint density at radius 2 is 1.67 bits per heavy atom. The smallest absolute Gasteiger partial charge is 0.343 e. The Morgan fingerprint density at radius 3 is 2.30 bits per heavy atom. The molecule has 0 spiro atoms. The second-order valence-electron chi connectivity index (χ2n) is 9.27. The summed E-state index contributed by atoms with van der Waals surface area (Å²) in [6.07, 6.45) is 0. The van der Waals surface area contributed by atoms with E-state index in [9.17, 15) is 9.59 Å². The fourth-order valence-corrected chi connectivity index (χ4v) is 3.79. The van der Waals surface area contributed by atoms with Crippen LogP contribution in [0.2, 0.25) is 5.02 Å². The van der Waals surface area contributed by atoms with Crippen LogP contribution in [0, 0.1) is 13.8 Å². The number of aryl methyl sites for hydroxylation is 2. The van der Waals surface area contributed by atoms with Crippen LogP contribution in [-0.2, 0) is 5.41 Å². The van der Waals surface area contributed by atoms with Crippen LogP contribution in [0.5, 0.6) is 5.75 Å². The van der Waals surface area contributed by atoms with Gasteiger partial charge in [0.15, 0.2) is 5.76 Å². The molecule has 0 aliphatic carbocycles. The van der Waals surface area contributed by atoms with Gasteiger partial charge in [0.05, 0.1) is 10.9 Å². The molecule has 3 aromatic carbocycles.